The molecule has 0 heterocycles. The molecule has 0 bridgehead atoms. The van der Waals surface area contributed by atoms with Crippen molar-refractivity contribution in [3.05, 3.63) is 75.8 Å². The number of benzene rings is 2. The normalized spacial score (nSPS) is 14.8. The molecule has 0 amide bonds. The summed E-state index contributed by atoms with van der Waals surface area (Å²) in [7, 11) is 1.67. The van der Waals surface area contributed by atoms with Crippen LogP contribution in [0.2, 0.25) is 5.02 Å². The van der Waals surface area contributed by atoms with Gasteiger partial charge in [0.1, 0.15) is 5.75 Å². The minimum absolute atomic E-state index is 0.737. The predicted molar refractivity (Wildman–Crippen MR) is 94.4 cm³/mol. The van der Waals surface area contributed by atoms with E-state index in [1.807, 2.05) is 48.5 Å². The summed E-state index contributed by atoms with van der Waals surface area (Å²) in [5.74, 6) is 0.841. The van der Waals surface area contributed by atoms with Gasteiger partial charge in [0, 0.05) is 15.6 Å². The summed E-state index contributed by atoms with van der Waals surface area (Å²) < 4.78 is 5.23. The van der Waals surface area contributed by atoms with Gasteiger partial charge < -0.3 is 4.74 Å². The van der Waals surface area contributed by atoms with Gasteiger partial charge in [-0.25, -0.2) is 0 Å². The summed E-state index contributed by atoms with van der Waals surface area (Å²) in [6, 6.07) is 15.9. The molecule has 0 radical (unpaired) electrons. The number of rotatable bonds is 3. The summed E-state index contributed by atoms with van der Waals surface area (Å²) in [6.45, 7) is 0. The molecule has 0 fully saturated rings. The molecule has 0 saturated heterocycles. The van der Waals surface area contributed by atoms with Crippen LogP contribution in [0.5, 0.6) is 5.75 Å². The second kappa shape index (κ2) is 6.60. The lowest BCUT2D eigenvalue weighted by molar-refractivity contribution is 0.415. The van der Waals surface area contributed by atoms with Crippen LogP contribution in [0.1, 0.15) is 24.0 Å². The first-order valence-electron chi connectivity index (χ1n) is 7.18. The molecule has 1 aliphatic carbocycles. The van der Waals surface area contributed by atoms with E-state index in [-0.39, 0.29) is 0 Å². The lowest BCUT2D eigenvalue weighted by Gasteiger charge is -2.20. The quantitative estimate of drug-likeness (QED) is 0.653. The molecular weight excluding hydrogens is 315 g/mol. The molecule has 2 aromatic rings. The third-order valence-electron chi connectivity index (χ3n) is 3.79. The maximum absolute atomic E-state index is 6.55. The molecule has 2 aromatic carbocycles. The first-order chi connectivity index (χ1) is 10.7. The number of halogens is 2. The number of hydrogen-bond donors (Lipinski definition) is 0. The van der Waals surface area contributed by atoms with Gasteiger partial charge >= 0.3 is 0 Å². The minimum atomic E-state index is 0.737. The average molecular weight is 331 g/mol. The van der Waals surface area contributed by atoms with Crippen molar-refractivity contribution in [2.75, 3.05) is 7.11 Å². The van der Waals surface area contributed by atoms with E-state index in [4.69, 9.17) is 27.9 Å². The van der Waals surface area contributed by atoms with Crippen LogP contribution in [-0.2, 0) is 0 Å². The molecule has 1 nitrogen and oxygen atoms in total. The van der Waals surface area contributed by atoms with Crippen molar-refractivity contribution in [2.24, 2.45) is 0 Å². The maximum Gasteiger partial charge on any atom is 0.118 e. The summed E-state index contributed by atoms with van der Waals surface area (Å²) in [4.78, 5) is 0. The molecule has 0 saturated carbocycles. The maximum atomic E-state index is 6.55. The Hall–Kier alpha value is -1.70. The Labute approximate surface area is 140 Å². The van der Waals surface area contributed by atoms with Gasteiger partial charge in [-0.3, -0.25) is 0 Å². The average Bonchev–Trinajstić information content (AvgIpc) is 2.55. The van der Waals surface area contributed by atoms with Crippen molar-refractivity contribution >= 4 is 34.3 Å². The smallest absolute Gasteiger partial charge is 0.118 e. The van der Waals surface area contributed by atoms with Gasteiger partial charge in [0.05, 0.1) is 7.11 Å². The van der Waals surface area contributed by atoms with E-state index in [9.17, 15) is 0 Å². The van der Waals surface area contributed by atoms with Crippen LogP contribution in [-0.4, -0.2) is 7.11 Å². The van der Waals surface area contributed by atoms with Gasteiger partial charge in [-0.05, 0) is 53.8 Å². The Morgan fingerprint density at radius 1 is 0.864 bits per heavy atom. The highest BCUT2D eigenvalue weighted by atomic mass is 35.5. The second-order valence-electron chi connectivity index (χ2n) is 5.17. The van der Waals surface area contributed by atoms with Crippen LogP contribution in [0.15, 0.2) is 59.6 Å². The van der Waals surface area contributed by atoms with Crippen molar-refractivity contribution < 1.29 is 4.74 Å². The highest BCUT2D eigenvalue weighted by molar-refractivity contribution is 6.36. The predicted octanol–water partition coefficient (Wildman–Crippen LogP) is 6.18. The van der Waals surface area contributed by atoms with Crippen molar-refractivity contribution in [1.29, 1.82) is 0 Å². The van der Waals surface area contributed by atoms with Crippen molar-refractivity contribution in [2.45, 2.75) is 12.8 Å². The summed E-state index contributed by atoms with van der Waals surface area (Å²) in [5.41, 5.74) is 4.50. The first-order valence-corrected chi connectivity index (χ1v) is 7.94. The van der Waals surface area contributed by atoms with Crippen LogP contribution in [0.4, 0.5) is 0 Å². The largest absolute Gasteiger partial charge is 0.497 e. The molecule has 0 spiro atoms. The number of methoxy groups -OCH3 is 1. The third-order valence-corrected chi connectivity index (χ3v) is 4.42. The van der Waals surface area contributed by atoms with Crippen LogP contribution in [0.25, 0.3) is 11.1 Å². The fourth-order valence-electron chi connectivity index (χ4n) is 2.68. The molecule has 22 heavy (non-hydrogen) atoms. The van der Waals surface area contributed by atoms with Crippen molar-refractivity contribution in [3.8, 4) is 5.75 Å². The molecule has 0 N–H and O–H groups in total. The Morgan fingerprint density at radius 2 is 1.50 bits per heavy atom. The van der Waals surface area contributed by atoms with Crippen molar-refractivity contribution in [3.63, 3.8) is 0 Å². The number of ether oxygens (including phenoxy) is 1. The van der Waals surface area contributed by atoms with E-state index in [2.05, 4.69) is 6.08 Å². The molecule has 0 aromatic heterocycles. The Kier molecular flexibility index (Phi) is 4.56. The SMILES string of the molecule is COc1ccc(C2=C(Cl)CCC=C2c2ccc(Cl)cc2)cc1. The highest BCUT2D eigenvalue weighted by Gasteiger charge is 2.18. The van der Waals surface area contributed by atoms with Gasteiger partial charge in [-0.2, -0.15) is 0 Å². The first kappa shape index (κ1) is 15.2. The van der Waals surface area contributed by atoms with Gasteiger partial charge in [0.15, 0.2) is 0 Å². The van der Waals surface area contributed by atoms with E-state index in [0.717, 1.165) is 50.9 Å². The second-order valence-corrected chi connectivity index (χ2v) is 6.06. The summed E-state index contributed by atoms with van der Waals surface area (Å²) >= 11 is 12.5. The standard InChI is InChI=1S/C19H16Cl2O/c1-22-16-11-7-14(8-12-16)19-17(3-2-4-18(19)21)13-5-9-15(20)10-6-13/h3,5-12H,2,4H2,1H3. The van der Waals surface area contributed by atoms with E-state index in [0.29, 0.717) is 0 Å². The summed E-state index contributed by atoms with van der Waals surface area (Å²) in [5, 5.41) is 1.64. The molecule has 0 aliphatic heterocycles. The van der Waals surface area contributed by atoms with Crippen LogP contribution in [0.3, 0.4) is 0 Å². The number of hydrogen-bond acceptors (Lipinski definition) is 1. The lowest BCUT2D eigenvalue weighted by atomic mass is 9.87. The summed E-state index contributed by atoms with van der Waals surface area (Å²) in [6.07, 6.45) is 4.07. The molecule has 3 rings (SSSR count). The Balaban J connectivity index is 2.05. The zero-order valence-corrected chi connectivity index (χ0v) is 13.8. The topological polar surface area (TPSA) is 9.23 Å². The molecule has 1 aliphatic rings. The van der Waals surface area contributed by atoms with E-state index < -0.39 is 0 Å². The lowest BCUT2D eigenvalue weighted by Crippen LogP contribution is -1.98. The van der Waals surface area contributed by atoms with E-state index >= 15 is 0 Å². The molecular formula is C19H16Cl2O. The van der Waals surface area contributed by atoms with Gasteiger partial charge in [-0.15, -0.1) is 0 Å². The molecule has 112 valence electrons. The molecule has 0 atom stereocenters. The fourth-order valence-corrected chi connectivity index (χ4v) is 3.12. The van der Waals surface area contributed by atoms with Gasteiger partial charge in [0.25, 0.3) is 0 Å². The van der Waals surface area contributed by atoms with E-state index in [1.165, 1.54) is 0 Å². The Bertz CT molecular complexity index is 725. The Morgan fingerprint density at radius 3 is 2.14 bits per heavy atom. The van der Waals surface area contributed by atoms with Crippen LogP contribution in [0, 0.1) is 0 Å². The van der Waals surface area contributed by atoms with Crippen LogP contribution < -0.4 is 4.74 Å². The highest BCUT2D eigenvalue weighted by Crippen LogP contribution is 2.41. The third kappa shape index (κ3) is 3.06. The monoisotopic (exact) mass is 330 g/mol. The zero-order chi connectivity index (χ0) is 15.5. The molecule has 0 unspecified atom stereocenters. The van der Waals surface area contributed by atoms with E-state index in [1.54, 1.807) is 7.11 Å². The fraction of sp³-hybridized carbons (Fsp3) is 0.158. The molecule has 3 heteroatoms. The van der Waals surface area contributed by atoms with Gasteiger partial charge in [-0.1, -0.05) is 53.5 Å². The number of allylic oxidation sites excluding steroid dienone is 4. The zero-order valence-electron chi connectivity index (χ0n) is 12.3. The van der Waals surface area contributed by atoms with Gasteiger partial charge in [0.2, 0.25) is 0 Å². The van der Waals surface area contributed by atoms with Crippen LogP contribution >= 0.6 is 23.2 Å². The van der Waals surface area contributed by atoms with Crippen molar-refractivity contribution in [1.82, 2.24) is 0 Å². The minimum Gasteiger partial charge on any atom is -0.497 e.